The third-order valence-corrected chi connectivity index (χ3v) is 6.47. The smallest absolute Gasteiger partial charge is 0.410 e. The van der Waals surface area contributed by atoms with Gasteiger partial charge in [0.25, 0.3) is 0 Å². The van der Waals surface area contributed by atoms with E-state index in [9.17, 15) is 4.79 Å². The van der Waals surface area contributed by atoms with Crippen LogP contribution >= 0.6 is 0 Å². The number of hydrogen-bond acceptors (Lipinski definition) is 14. The van der Waals surface area contributed by atoms with Gasteiger partial charge in [0.1, 0.15) is 5.60 Å². The Labute approximate surface area is 302 Å². The first-order chi connectivity index (χ1) is 24.3. The minimum atomic E-state index is -0.510. The topological polar surface area (TPSA) is 140 Å². The predicted molar refractivity (Wildman–Crippen MR) is 188 cm³/mol. The summed E-state index contributed by atoms with van der Waals surface area (Å²) in [5, 5.41) is 0. The Morgan fingerprint density at radius 3 is 0.940 bits per heavy atom. The molecule has 0 saturated heterocycles. The van der Waals surface area contributed by atoms with Crippen molar-refractivity contribution < 1.29 is 66.4 Å². The van der Waals surface area contributed by atoms with E-state index >= 15 is 0 Å². The van der Waals surface area contributed by atoms with Gasteiger partial charge in [-0.05, 0) is 26.7 Å². The van der Waals surface area contributed by atoms with E-state index in [4.69, 9.17) is 61.6 Å². The van der Waals surface area contributed by atoms with Crippen molar-refractivity contribution in [2.24, 2.45) is 5.92 Å². The minimum absolute atomic E-state index is 0.364. The van der Waals surface area contributed by atoms with Crippen LogP contribution in [-0.2, 0) is 61.6 Å². The van der Waals surface area contributed by atoms with Crippen LogP contribution in [0.3, 0.4) is 0 Å². The molecule has 0 N–H and O–H groups in total. The zero-order chi connectivity index (χ0) is 36.8. The molecule has 0 saturated carbocycles. The molecule has 0 aliphatic rings. The molecule has 0 heterocycles. The standard InChI is InChI=1S/C35H71NO14/c1-7-33(2)32-49-31-30-48-29-28-47-27-26-46-25-24-45-23-22-44-21-20-43-19-18-42-17-16-41-15-14-40-13-12-39-11-10-38-9-8-36(6)34(37)50-35(3,4)5/h33H,7-32H2,1-6H3. The molecule has 50 heavy (non-hydrogen) atoms. The van der Waals surface area contributed by atoms with Crippen molar-refractivity contribution in [2.75, 3.05) is 172 Å². The summed E-state index contributed by atoms with van der Waals surface area (Å²) in [5.74, 6) is 0.593. The molecule has 1 amide bonds. The molecule has 15 nitrogen and oxygen atoms in total. The highest BCUT2D eigenvalue weighted by Crippen LogP contribution is 2.08. The molecule has 0 radical (unpaired) electrons. The van der Waals surface area contributed by atoms with Gasteiger partial charge in [0, 0.05) is 20.2 Å². The van der Waals surface area contributed by atoms with Crippen LogP contribution in [0.4, 0.5) is 4.79 Å². The highest BCUT2D eigenvalue weighted by atomic mass is 16.6. The van der Waals surface area contributed by atoms with Crippen LogP contribution in [0.25, 0.3) is 0 Å². The summed E-state index contributed by atoms with van der Waals surface area (Å²) in [6, 6.07) is 0. The Hall–Kier alpha value is -1.21. The fourth-order valence-corrected chi connectivity index (χ4v) is 3.45. The average Bonchev–Trinajstić information content (AvgIpc) is 3.08. The number of carbonyl (C=O) groups is 1. The molecule has 0 bridgehead atoms. The van der Waals surface area contributed by atoms with Gasteiger partial charge < -0.3 is 66.5 Å². The van der Waals surface area contributed by atoms with Crippen molar-refractivity contribution >= 4 is 6.09 Å². The molecule has 1 unspecified atom stereocenters. The highest BCUT2D eigenvalue weighted by Gasteiger charge is 2.19. The molecular weight excluding hydrogens is 658 g/mol. The molecule has 0 aromatic heterocycles. The van der Waals surface area contributed by atoms with Gasteiger partial charge >= 0.3 is 6.09 Å². The fourth-order valence-electron chi connectivity index (χ4n) is 3.45. The molecule has 300 valence electrons. The summed E-state index contributed by atoms with van der Waals surface area (Å²) in [5.41, 5.74) is -0.510. The maximum absolute atomic E-state index is 11.9. The third kappa shape index (κ3) is 39.6. The van der Waals surface area contributed by atoms with Crippen LogP contribution in [0, 0.1) is 5.92 Å². The van der Waals surface area contributed by atoms with E-state index in [1.807, 2.05) is 20.8 Å². The quantitative estimate of drug-likeness (QED) is 0.0856. The lowest BCUT2D eigenvalue weighted by molar-refractivity contribution is -0.0287. The number of ether oxygens (including phenoxy) is 13. The lowest BCUT2D eigenvalue weighted by Gasteiger charge is -2.24. The first kappa shape index (κ1) is 48.8. The lowest BCUT2D eigenvalue weighted by atomic mass is 10.1. The Bertz CT molecular complexity index is 701. The summed E-state index contributed by atoms with van der Waals surface area (Å²) >= 11 is 0. The van der Waals surface area contributed by atoms with Crippen molar-refractivity contribution in [3.05, 3.63) is 0 Å². The SMILES string of the molecule is CCC(C)COCCOCCOCCOCCOCCOCCOCCOCCOCCOCCOCCOCCN(C)C(=O)OC(C)(C)C. The number of rotatable bonds is 39. The Kier molecular flexibility index (Phi) is 36.6. The van der Waals surface area contributed by atoms with Crippen LogP contribution in [-0.4, -0.2) is 189 Å². The number of amides is 1. The van der Waals surface area contributed by atoms with Gasteiger partial charge in [-0.3, -0.25) is 0 Å². The monoisotopic (exact) mass is 729 g/mol. The van der Waals surface area contributed by atoms with Crippen molar-refractivity contribution in [1.29, 1.82) is 0 Å². The van der Waals surface area contributed by atoms with Gasteiger partial charge in [0.2, 0.25) is 0 Å². The van der Waals surface area contributed by atoms with Gasteiger partial charge in [-0.25, -0.2) is 4.79 Å². The summed E-state index contributed by atoms with van der Waals surface area (Å²) in [4.78, 5) is 13.4. The summed E-state index contributed by atoms with van der Waals surface area (Å²) < 4.78 is 71.1. The first-order valence-corrected chi connectivity index (χ1v) is 18.1. The maximum atomic E-state index is 11.9. The molecule has 15 heteroatoms. The molecule has 1 atom stereocenters. The number of hydrogen-bond donors (Lipinski definition) is 0. The number of nitrogens with zero attached hydrogens (tertiary/aromatic N) is 1. The van der Waals surface area contributed by atoms with Gasteiger partial charge in [0.15, 0.2) is 0 Å². The highest BCUT2D eigenvalue weighted by molar-refractivity contribution is 5.67. The second-order valence-electron chi connectivity index (χ2n) is 12.2. The molecule has 0 aliphatic heterocycles. The zero-order valence-corrected chi connectivity index (χ0v) is 32.1. The van der Waals surface area contributed by atoms with Crippen molar-refractivity contribution in [2.45, 2.75) is 46.6 Å². The van der Waals surface area contributed by atoms with Crippen LogP contribution in [0.2, 0.25) is 0 Å². The third-order valence-electron chi connectivity index (χ3n) is 6.47. The molecule has 0 aromatic rings. The Morgan fingerprint density at radius 1 is 0.460 bits per heavy atom. The van der Waals surface area contributed by atoms with E-state index in [-0.39, 0.29) is 6.09 Å². The van der Waals surface area contributed by atoms with Gasteiger partial charge in [-0.1, -0.05) is 20.3 Å². The molecular formula is C35H71NO14. The molecule has 0 aliphatic carbocycles. The second-order valence-corrected chi connectivity index (χ2v) is 12.2. The Morgan fingerprint density at radius 2 is 0.700 bits per heavy atom. The van der Waals surface area contributed by atoms with E-state index in [1.54, 1.807) is 7.05 Å². The molecule has 0 spiro atoms. The van der Waals surface area contributed by atoms with E-state index in [1.165, 1.54) is 4.90 Å². The van der Waals surface area contributed by atoms with Crippen molar-refractivity contribution in [1.82, 2.24) is 4.90 Å². The van der Waals surface area contributed by atoms with Gasteiger partial charge in [-0.2, -0.15) is 0 Å². The van der Waals surface area contributed by atoms with Crippen LogP contribution < -0.4 is 0 Å². The summed E-state index contributed by atoms with van der Waals surface area (Å²) in [7, 11) is 1.68. The first-order valence-electron chi connectivity index (χ1n) is 18.1. The molecule has 0 fully saturated rings. The van der Waals surface area contributed by atoms with Crippen molar-refractivity contribution in [3.8, 4) is 0 Å². The lowest BCUT2D eigenvalue weighted by Crippen LogP contribution is -2.36. The minimum Gasteiger partial charge on any atom is -0.444 e. The normalized spacial score (nSPS) is 12.4. The van der Waals surface area contributed by atoms with E-state index in [0.717, 1.165) is 13.0 Å². The molecule has 0 aromatic carbocycles. The van der Waals surface area contributed by atoms with Gasteiger partial charge in [0.05, 0.1) is 152 Å². The van der Waals surface area contributed by atoms with Gasteiger partial charge in [-0.15, -0.1) is 0 Å². The van der Waals surface area contributed by atoms with E-state index in [0.29, 0.717) is 164 Å². The largest absolute Gasteiger partial charge is 0.444 e. The van der Waals surface area contributed by atoms with Crippen LogP contribution in [0.5, 0.6) is 0 Å². The fraction of sp³-hybridized carbons (Fsp3) is 0.971. The summed E-state index contributed by atoms with van der Waals surface area (Å²) in [6.45, 7) is 22.8. The maximum Gasteiger partial charge on any atom is 0.410 e. The molecule has 0 rings (SSSR count). The number of likely N-dealkylation sites (N-methyl/N-ethyl adjacent to an activating group) is 1. The van der Waals surface area contributed by atoms with Crippen LogP contribution in [0.1, 0.15) is 41.0 Å². The average molecular weight is 730 g/mol. The predicted octanol–water partition coefficient (Wildman–Crippen LogP) is 3.10. The number of carbonyl (C=O) groups excluding carboxylic acids is 1. The summed E-state index contributed by atoms with van der Waals surface area (Å²) in [6.07, 6.45) is 0.765. The Balaban J connectivity index is 3.14. The second kappa shape index (κ2) is 37.5. The van der Waals surface area contributed by atoms with E-state index in [2.05, 4.69) is 13.8 Å². The van der Waals surface area contributed by atoms with Crippen molar-refractivity contribution in [3.63, 3.8) is 0 Å². The zero-order valence-electron chi connectivity index (χ0n) is 32.1. The van der Waals surface area contributed by atoms with Crippen LogP contribution in [0.15, 0.2) is 0 Å². The van der Waals surface area contributed by atoms with E-state index < -0.39 is 5.60 Å².